The van der Waals surface area contributed by atoms with Crippen LogP contribution in [0.25, 0.3) is 5.57 Å². The van der Waals surface area contributed by atoms with Gasteiger partial charge in [0.15, 0.2) is 5.01 Å². The van der Waals surface area contributed by atoms with Crippen molar-refractivity contribution in [2.45, 2.75) is 37.8 Å². The second kappa shape index (κ2) is 12.1. The van der Waals surface area contributed by atoms with Crippen molar-refractivity contribution in [1.82, 2.24) is 10.3 Å². The molecule has 1 aliphatic carbocycles. The number of carbonyl (C=O) groups is 1. The first-order valence-electron chi connectivity index (χ1n) is 10.8. The summed E-state index contributed by atoms with van der Waals surface area (Å²) in [5.74, 6) is -0.263. The van der Waals surface area contributed by atoms with Crippen LogP contribution in [0, 0.1) is 0 Å². The molecule has 1 heterocycles. The maximum Gasteiger partial charge on any atom is 0.281 e. The number of aromatic nitrogens is 1. The molecule has 1 aromatic heterocycles. The maximum absolute atomic E-state index is 13.1. The first kappa shape index (κ1) is 25.2. The van der Waals surface area contributed by atoms with Gasteiger partial charge in [-0.25, -0.2) is 4.98 Å². The van der Waals surface area contributed by atoms with Crippen molar-refractivity contribution in [3.63, 3.8) is 0 Å². The third-order valence-electron chi connectivity index (χ3n) is 4.96. The summed E-state index contributed by atoms with van der Waals surface area (Å²) in [5, 5.41) is 15.2. The Balaban J connectivity index is 0.00000149. The summed E-state index contributed by atoms with van der Waals surface area (Å²) in [7, 11) is 0. The Morgan fingerprint density at radius 2 is 1.67 bits per heavy atom. The van der Waals surface area contributed by atoms with Crippen LogP contribution in [0.4, 0.5) is 0 Å². The Hall–Kier alpha value is -2.44. The van der Waals surface area contributed by atoms with E-state index < -0.39 is 6.10 Å². The number of amides is 1. The van der Waals surface area contributed by atoms with Gasteiger partial charge in [0.1, 0.15) is 0 Å². The van der Waals surface area contributed by atoms with Gasteiger partial charge in [-0.3, -0.25) is 4.79 Å². The molecule has 0 aliphatic heterocycles. The third kappa shape index (κ3) is 6.55. The molecule has 7 heteroatoms. The summed E-state index contributed by atoms with van der Waals surface area (Å²) >= 11 is 13.7. The van der Waals surface area contributed by atoms with E-state index in [9.17, 15) is 9.90 Å². The lowest BCUT2D eigenvalue weighted by Gasteiger charge is -2.19. The molecule has 0 saturated carbocycles. The fourth-order valence-electron chi connectivity index (χ4n) is 3.39. The number of rotatable bonds is 5. The van der Waals surface area contributed by atoms with Crippen molar-refractivity contribution in [3.05, 3.63) is 105 Å². The minimum Gasteiger partial charge on any atom is -0.387 e. The van der Waals surface area contributed by atoms with Crippen molar-refractivity contribution in [1.29, 1.82) is 0 Å². The molecular weight excluding hydrogens is 475 g/mol. The van der Waals surface area contributed by atoms with Crippen LogP contribution in [0.5, 0.6) is 0 Å². The maximum atomic E-state index is 13.1. The van der Waals surface area contributed by atoms with E-state index in [0.29, 0.717) is 27.7 Å². The molecular formula is C26H26Cl2N2O2S. The van der Waals surface area contributed by atoms with Crippen LogP contribution < -0.4 is 5.32 Å². The lowest BCUT2D eigenvalue weighted by molar-refractivity contribution is 0.0942. The molecule has 0 radical (unpaired) electrons. The van der Waals surface area contributed by atoms with Gasteiger partial charge < -0.3 is 10.4 Å². The molecule has 0 fully saturated rings. The van der Waals surface area contributed by atoms with E-state index in [1.807, 2.05) is 74.5 Å². The Bertz CT molecular complexity index is 1070. The molecule has 3 aromatic rings. The molecule has 0 spiro atoms. The minimum absolute atomic E-state index is 0.263. The monoisotopic (exact) mass is 500 g/mol. The molecule has 2 atom stereocenters. The zero-order chi connectivity index (χ0) is 23.8. The molecule has 1 amide bonds. The number of benzene rings is 2. The van der Waals surface area contributed by atoms with E-state index in [1.54, 1.807) is 17.5 Å². The summed E-state index contributed by atoms with van der Waals surface area (Å²) in [6.07, 6.45) is 2.97. The summed E-state index contributed by atoms with van der Waals surface area (Å²) in [4.78, 5) is 17.6. The van der Waals surface area contributed by atoms with Gasteiger partial charge in [0.25, 0.3) is 5.91 Å². The smallest absolute Gasteiger partial charge is 0.281 e. The molecule has 2 N–H and O–H groups in total. The number of alkyl halides is 1. The van der Waals surface area contributed by atoms with Crippen molar-refractivity contribution >= 4 is 46.0 Å². The van der Waals surface area contributed by atoms with Crippen LogP contribution in [0.1, 0.15) is 52.9 Å². The topological polar surface area (TPSA) is 62.2 Å². The van der Waals surface area contributed by atoms with E-state index >= 15 is 0 Å². The van der Waals surface area contributed by atoms with E-state index in [2.05, 4.69) is 10.3 Å². The Morgan fingerprint density at radius 1 is 1.09 bits per heavy atom. The van der Waals surface area contributed by atoms with Gasteiger partial charge in [0, 0.05) is 10.4 Å². The summed E-state index contributed by atoms with van der Waals surface area (Å²) < 4.78 is 0. The van der Waals surface area contributed by atoms with Crippen LogP contribution in [-0.4, -0.2) is 27.5 Å². The van der Waals surface area contributed by atoms with Gasteiger partial charge in [0.2, 0.25) is 0 Å². The van der Waals surface area contributed by atoms with Gasteiger partial charge in [-0.15, -0.1) is 22.9 Å². The largest absolute Gasteiger partial charge is 0.387 e. The Labute approximate surface area is 208 Å². The first-order valence-corrected chi connectivity index (χ1v) is 12.5. The number of hydrogen-bond donors (Lipinski definition) is 2. The number of aliphatic hydroxyl groups excluding tert-OH is 1. The predicted molar refractivity (Wildman–Crippen MR) is 138 cm³/mol. The average molecular weight is 501 g/mol. The van der Waals surface area contributed by atoms with Crippen LogP contribution in [0.15, 0.2) is 83.2 Å². The summed E-state index contributed by atoms with van der Waals surface area (Å²) in [5.41, 5.74) is 3.27. The van der Waals surface area contributed by atoms with Crippen molar-refractivity contribution in [2.24, 2.45) is 0 Å². The Kier molecular flexibility index (Phi) is 9.27. The van der Waals surface area contributed by atoms with Crippen molar-refractivity contribution in [2.75, 3.05) is 0 Å². The first-order chi connectivity index (χ1) is 16.0. The fraction of sp³-hybridized carbons (Fsp3) is 0.231. The standard InChI is InChI=1S/C24H20Cl2N2O2S.C2H6/c25-18-11-17(12-19(26)21(29)13-18)20-14-31-24(27-20)23(30)28-22(15-7-3-1-4-8-15)16-9-5-2-6-10-16;1-2/h1-12,14,18,21-22,29H,13H2,(H,28,30);1-2H3. The number of nitrogens with zero attached hydrogens (tertiary/aromatic N) is 1. The van der Waals surface area contributed by atoms with E-state index in [-0.39, 0.29) is 17.3 Å². The molecule has 33 heavy (non-hydrogen) atoms. The average Bonchev–Trinajstić information content (AvgIpc) is 3.30. The van der Waals surface area contributed by atoms with Gasteiger partial charge in [-0.05, 0) is 29.2 Å². The van der Waals surface area contributed by atoms with Crippen LogP contribution in [0.3, 0.4) is 0 Å². The van der Waals surface area contributed by atoms with Gasteiger partial charge in [-0.1, -0.05) is 92.2 Å². The normalized spacial score (nSPS) is 17.9. The van der Waals surface area contributed by atoms with Crippen LogP contribution in [-0.2, 0) is 0 Å². The minimum atomic E-state index is -0.808. The quantitative estimate of drug-likeness (QED) is 0.389. The zero-order valence-corrected chi connectivity index (χ0v) is 20.7. The number of thiazole rings is 1. The molecule has 2 unspecified atom stereocenters. The second-order valence-electron chi connectivity index (χ2n) is 7.18. The highest BCUT2D eigenvalue weighted by Crippen LogP contribution is 2.30. The SMILES string of the molecule is CC.O=C(NC(c1ccccc1)c1ccccc1)c1nc(C2=CC(Cl)CC(O)C(Cl)=C2)cs1. The molecule has 172 valence electrons. The van der Waals surface area contributed by atoms with Crippen molar-refractivity contribution < 1.29 is 9.90 Å². The zero-order valence-electron chi connectivity index (χ0n) is 18.4. The Morgan fingerprint density at radius 3 is 2.24 bits per heavy atom. The summed E-state index contributed by atoms with van der Waals surface area (Å²) in [6, 6.07) is 19.3. The van der Waals surface area contributed by atoms with E-state index in [1.165, 1.54) is 11.3 Å². The fourth-order valence-corrected chi connectivity index (χ4v) is 4.63. The van der Waals surface area contributed by atoms with Gasteiger partial charge in [0.05, 0.1) is 23.2 Å². The highest BCUT2D eigenvalue weighted by atomic mass is 35.5. The summed E-state index contributed by atoms with van der Waals surface area (Å²) in [6.45, 7) is 4.00. The lowest BCUT2D eigenvalue weighted by Crippen LogP contribution is -2.29. The number of carbonyl (C=O) groups excluding carboxylic acids is 1. The van der Waals surface area contributed by atoms with Gasteiger partial charge in [-0.2, -0.15) is 0 Å². The number of nitrogens with one attached hydrogen (secondary N) is 1. The number of allylic oxidation sites excluding steroid dienone is 3. The van der Waals surface area contributed by atoms with E-state index in [4.69, 9.17) is 23.2 Å². The number of halogens is 2. The van der Waals surface area contributed by atoms with Gasteiger partial charge >= 0.3 is 0 Å². The highest BCUT2D eigenvalue weighted by Gasteiger charge is 2.22. The molecule has 4 rings (SSSR count). The molecule has 0 bridgehead atoms. The molecule has 4 nitrogen and oxygen atoms in total. The lowest BCUT2D eigenvalue weighted by atomic mass is 9.99. The van der Waals surface area contributed by atoms with E-state index in [0.717, 1.165) is 11.1 Å². The predicted octanol–water partition coefficient (Wildman–Crippen LogP) is 6.57. The van der Waals surface area contributed by atoms with Crippen LogP contribution in [0.2, 0.25) is 0 Å². The highest BCUT2D eigenvalue weighted by molar-refractivity contribution is 7.11. The number of hydrogen-bond acceptors (Lipinski definition) is 4. The number of aliphatic hydroxyl groups is 1. The van der Waals surface area contributed by atoms with Crippen molar-refractivity contribution in [3.8, 4) is 0 Å². The third-order valence-corrected chi connectivity index (χ3v) is 6.46. The molecule has 2 aromatic carbocycles. The second-order valence-corrected chi connectivity index (χ2v) is 9.04. The molecule has 1 aliphatic rings. The van der Waals surface area contributed by atoms with Crippen LogP contribution >= 0.6 is 34.5 Å². The molecule has 0 saturated heterocycles.